The van der Waals surface area contributed by atoms with Crippen LogP contribution in [0.5, 0.6) is 0 Å². The van der Waals surface area contributed by atoms with Crippen LogP contribution in [0.1, 0.15) is 62.0 Å². The van der Waals surface area contributed by atoms with Crippen LogP contribution in [0.15, 0.2) is 60.7 Å². The largest absolute Gasteiger partial charge is 0.390 e. The first-order valence-corrected chi connectivity index (χ1v) is 11.4. The van der Waals surface area contributed by atoms with E-state index in [1.807, 2.05) is 12.1 Å². The van der Waals surface area contributed by atoms with Crippen LogP contribution in [0.2, 0.25) is 0 Å². The van der Waals surface area contributed by atoms with Gasteiger partial charge in [0.25, 0.3) is 0 Å². The van der Waals surface area contributed by atoms with Crippen molar-refractivity contribution in [3.8, 4) is 0 Å². The van der Waals surface area contributed by atoms with Crippen molar-refractivity contribution in [1.82, 2.24) is 10.6 Å². The third-order valence-corrected chi connectivity index (χ3v) is 7.53. The molecule has 2 aromatic rings. The predicted octanol–water partition coefficient (Wildman–Crippen LogP) is 4.59. The molecule has 2 amide bonds. The average molecular weight is 405 g/mol. The molecule has 4 nitrogen and oxygen atoms in total. The second-order valence-corrected chi connectivity index (χ2v) is 10.0. The van der Waals surface area contributed by atoms with Crippen molar-refractivity contribution in [3.63, 3.8) is 0 Å². The zero-order valence-corrected chi connectivity index (χ0v) is 17.5. The topological polar surface area (TPSA) is 61.4 Å². The zero-order valence-electron chi connectivity index (χ0n) is 17.5. The monoisotopic (exact) mass is 404 g/mol. The summed E-state index contributed by atoms with van der Waals surface area (Å²) in [6.07, 6.45) is 6.68. The van der Waals surface area contributed by atoms with Crippen molar-refractivity contribution in [3.05, 3.63) is 71.8 Å². The van der Waals surface area contributed by atoms with Crippen molar-refractivity contribution in [1.29, 1.82) is 0 Å². The van der Waals surface area contributed by atoms with Crippen LogP contribution in [-0.2, 0) is 0 Å². The van der Waals surface area contributed by atoms with Gasteiger partial charge in [-0.1, -0.05) is 60.7 Å². The summed E-state index contributed by atoms with van der Waals surface area (Å²) in [4.78, 5) is 12.8. The van der Waals surface area contributed by atoms with E-state index < -0.39 is 5.60 Å². The molecular formula is C26H32N2O2. The predicted molar refractivity (Wildman–Crippen MR) is 118 cm³/mol. The molecular weight excluding hydrogens is 372 g/mol. The summed E-state index contributed by atoms with van der Waals surface area (Å²) in [5.41, 5.74) is 1.79. The summed E-state index contributed by atoms with van der Waals surface area (Å²) < 4.78 is 0. The van der Waals surface area contributed by atoms with Crippen molar-refractivity contribution >= 4 is 6.03 Å². The lowest BCUT2D eigenvalue weighted by atomic mass is 9.51. The highest BCUT2D eigenvalue weighted by Gasteiger charge is 2.57. The van der Waals surface area contributed by atoms with Crippen LogP contribution in [0, 0.1) is 11.8 Å². The SMILES string of the molecule is O=C(NCCC(c1ccccc1)c1ccccc1)NC12CC3CC(CC(O)(C3)C1)C2. The Labute approximate surface area is 179 Å². The minimum atomic E-state index is -0.553. The minimum Gasteiger partial charge on any atom is -0.390 e. The van der Waals surface area contributed by atoms with Crippen LogP contribution < -0.4 is 10.6 Å². The van der Waals surface area contributed by atoms with E-state index >= 15 is 0 Å². The molecule has 30 heavy (non-hydrogen) atoms. The standard InChI is InChI=1S/C26H32N2O2/c29-24(28-25-14-19-13-20(15-25)17-26(30,16-19)18-25)27-12-11-23(21-7-3-1-4-8-21)22-9-5-2-6-10-22/h1-10,19-20,23,30H,11-18H2,(H2,27,28,29). The van der Waals surface area contributed by atoms with Gasteiger partial charge in [0.1, 0.15) is 0 Å². The van der Waals surface area contributed by atoms with E-state index in [0.29, 0.717) is 18.4 Å². The first-order chi connectivity index (χ1) is 14.5. The number of carbonyl (C=O) groups is 1. The van der Waals surface area contributed by atoms with E-state index in [-0.39, 0.29) is 17.5 Å². The van der Waals surface area contributed by atoms with Gasteiger partial charge in [-0.2, -0.15) is 0 Å². The highest BCUT2D eigenvalue weighted by atomic mass is 16.3. The first kappa shape index (κ1) is 19.6. The number of urea groups is 1. The average Bonchev–Trinajstić information content (AvgIpc) is 2.70. The van der Waals surface area contributed by atoms with Gasteiger partial charge in [-0.25, -0.2) is 4.79 Å². The molecule has 4 saturated carbocycles. The van der Waals surface area contributed by atoms with E-state index in [0.717, 1.165) is 38.5 Å². The van der Waals surface area contributed by atoms with Gasteiger partial charge in [0.15, 0.2) is 0 Å². The molecule has 4 heteroatoms. The molecule has 0 radical (unpaired) electrons. The van der Waals surface area contributed by atoms with Crippen LogP contribution in [0.25, 0.3) is 0 Å². The molecule has 0 heterocycles. The van der Waals surface area contributed by atoms with Gasteiger partial charge in [-0.05, 0) is 67.9 Å². The molecule has 4 fully saturated rings. The molecule has 0 aliphatic heterocycles. The second kappa shape index (κ2) is 7.73. The Morgan fingerprint density at radius 1 is 0.933 bits per heavy atom. The number of nitrogens with one attached hydrogen (secondary N) is 2. The normalized spacial score (nSPS) is 31.7. The number of benzene rings is 2. The molecule has 6 rings (SSSR count). The third kappa shape index (κ3) is 3.98. The van der Waals surface area contributed by atoms with E-state index in [4.69, 9.17) is 0 Å². The van der Waals surface area contributed by atoms with Gasteiger partial charge in [0.2, 0.25) is 0 Å². The molecule has 4 bridgehead atoms. The quantitative estimate of drug-likeness (QED) is 0.659. The molecule has 2 atom stereocenters. The number of aliphatic hydroxyl groups is 1. The van der Waals surface area contributed by atoms with Crippen LogP contribution in [0.4, 0.5) is 4.79 Å². The molecule has 2 aromatic carbocycles. The third-order valence-electron chi connectivity index (χ3n) is 7.53. The number of hydrogen-bond donors (Lipinski definition) is 3. The van der Waals surface area contributed by atoms with Crippen molar-refractivity contribution in [2.75, 3.05) is 6.54 Å². The Bertz CT molecular complexity index is 829. The summed E-state index contributed by atoms with van der Waals surface area (Å²) in [5, 5.41) is 17.3. The molecule has 158 valence electrons. The van der Waals surface area contributed by atoms with Crippen LogP contribution in [-0.4, -0.2) is 28.8 Å². The maximum Gasteiger partial charge on any atom is 0.315 e. The zero-order chi connectivity index (χ0) is 20.6. The van der Waals surface area contributed by atoms with Gasteiger partial charge in [0.05, 0.1) is 5.60 Å². The fourth-order valence-corrected chi connectivity index (χ4v) is 6.87. The molecule has 0 saturated heterocycles. The maximum absolute atomic E-state index is 12.8. The van der Waals surface area contributed by atoms with Crippen LogP contribution >= 0.6 is 0 Å². The number of amides is 2. The molecule has 4 aliphatic rings. The summed E-state index contributed by atoms with van der Waals surface area (Å²) in [5.74, 6) is 1.39. The van der Waals surface area contributed by atoms with Gasteiger partial charge in [-0.15, -0.1) is 0 Å². The first-order valence-electron chi connectivity index (χ1n) is 11.4. The van der Waals surface area contributed by atoms with Gasteiger partial charge in [-0.3, -0.25) is 0 Å². The van der Waals surface area contributed by atoms with Gasteiger partial charge in [0, 0.05) is 18.0 Å². The lowest BCUT2D eigenvalue weighted by Crippen LogP contribution is -2.66. The van der Waals surface area contributed by atoms with Gasteiger partial charge < -0.3 is 15.7 Å². The minimum absolute atomic E-state index is 0.0829. The van der Waals surface area contributed by atoms with E-state index in [1.165, 1.54) is 17.5 Å². The smallest absolute Gasteiger partial charge is 0.315 e. The van der Waals surface area contributed by atoms with E-state index in [1.54, 1.807) is 0 Å². The molecule has 0 aromatic heterocycles. The lowest BCUT2D eigenvalue weighted by molar-refractivity contribution is -0.139. The van der Waals surface area contributed by atoms with Crippen molar-refractivity contribution in [2.24, 2.45) is 11.8 Å². The van der Waals surface area contributed by atoms with E-state index in [9.17, 15) is 9.90 Å². The molecule has 4 aliphatic carbocycles. The van der Waals surface area contributed by atoms with E-state index in [2.05, 4.69) is 59.2 Å². The summed E-state index contributed by atoms with van der Waals surface area (Å²) in [7, 11) is 0. The van der Waals surface area contributed by atoms with Gasteiger partial charge >= 0.3 is 6.03 Å². The van der Waals surface area contributed by atoms with Crippen molar-refractivity contribution < 1.29 is 9.90 Å². The van der Waals surface area contributed by atoms with Crippen molar-refractivity contribution in [2.45, 2.75) is 62.0 Å². The summed E-state index contributed by atoms with van der Waals surface area (Å²) >= 11 is 0. The Morgan fingerprint density at radius 3 is 2.03 bits per heavy atom. The lowest BCUT2D eigenvalue weighted by Gasteiger charge is -2.60. The Morgan fingerprint density at radius 2 is 1.50 bits per heavy atom. The molecule has 0 spiro atoms. The highest BCUT2D eigenvalue weighted by molar-refractivity contribution is 5.75. The second-order valence-electron chi connectivity index (χ2n) is 10.0. The number of carbonyl (C=O) groups excluding carboxylic acids is 1. The number of rotatable bonds is 6. The Kier molecular flexibility index (Phi) is 5.06. The maximum atomic E-state index is 12.8. The van der Waals surface area contributed by atoms with Crippen LogP contribution in [0.3, 0.4) is 0 Å². The molecule has 2 unspecified atom stereocenters. The Balaban J connectivity index is 1.21. The summed E-state index contributed by atoms with van der Waals surface area (Å²) in [6, 6.07) is 20.9. The summed E-state index contributed by atoms with van der Waals surface area (Å²) in [6.45, 7) is 0.619. The fourth-order valence-electron chi connectivity index (χ4n) is 6.87. The fraction of sp³-hybridized carbons (Fsp3) is 0.500. The highest BCUT2D eigenvalue weighted by Crippen LogP contribution is 2.57. The molecule has 3 N–H and O–H groups in total. The Hall–Kier alpha value is -2.33. The number of hydrogen-bond acceptors (Lipinski definition) is 2.